The highest BCUT2D eigenvalue weighted by Gasteiger charge is 2.09. The van der Waals surface area contributed by atoms with Crippen molar-refractivity contribution in [2.24, 2.45) is 0 Å². The third kappa shape index (κ3) is 6.49. The van der Waals surface area contributed by atoms with E-state index >= 15 is 0 Å². The number of nitrogens with one attached hydrogen (secondary N) is 1. The van der Waals surface area contributed by atoms with Crippen LogP contribution < -0.4 is 5.32 Å². The predicted octanol–water partition coefficient (Wildman–Crippen LogP) is 4.82. The molecule has 0 saturated carbocycles. The molecule has 2 unspecified atom stereocenters. The zero-order chi connectivity index (χ0) is 14.1. The fourth-order valence-electron chi connectivity index (χ4n) is 2.25. The molecule has 0 aliphatic carbocycles. The van der Waals surface area contributed by atoms with Crippen molar-refractivity contribution in [3.05, 3.63) is 35.4 Å². The van der Waals surface area contributed by atoms with Gasteiger partial charge < -0.3 is 5.32 Å². The molecule has 0 amide bonds. The van der Waals surface area contributed by atoms with Gasteiger partial charge in [0.15, 0.2) is 0 Å². The molecular formula is C17H29NS. The summed E-state index contributed by atoms with van der Waals surface area (Å²) in [7, 11) is 0. The van der Waals surface area contributed by atoms with Crippen molar-refractivity contribution >= 4 is 11.8 Å². The molecule has 1 N–H and O–H groups in total. The van der Waals surface area contributed by atoms with Gasteiger partial charge in [0, 0.05) is 12.1 Å². The first kappa shape index (κ1) is 16.6. The van der Waals surface area contributed by atoms with Crippen LogP contribution in [0.5, 0.6) is 0 Å². The lowest BCUT2D eigenvalue weighted by molar-refractivity contribution is 0.471. The maximum Gasteiger partial charge on any atom is 0.0294 e. The first-order valence-corrected chi connectivity index (χ1v) is 8.90. The van der Waals surface area contributed by atoms with E-state index in [1.165, 1.54) is 42.6 Å². The number of hydrogen-bond donors (Lipinski definition) is 1. The summed E-state index contributed by atoms with van der Waals surface area (Å²) in [4.78, 5) is 0. The van der Waals surface area contributed by atoms with Crippen LogP contribution in [0.1, 0.15) is 57.2 Å². The predicted molar refractivity (Wildman–Crippen MR) is 89.1 cm³/mol. The number of aryl methyl sites for hydroxylation is 1. The van der Waals surface area contributed by atoms with Gasteiger partial charge in [0.2, 0.25) is 0 Å². The van der Waals surface area contributed by atoms with Crippen molar-refractivity contribution < 1.29 is 0 Å². The van der Waals surface area contributed by atoms with Gasteiger partial charge in [0.25, 0.3) is 0 Å². The Morgan fingerprint density at radius 3 is 2.42 bits per heavy atom. The second-order valence-electron chi connectivity index (χ2n) is 5.42. The summed E-state index contributed by atoms with van der Waals surface area (Å²) < 4.78 is 0. The number of rotatable bonds is 9. The summed E-state index contributed by atoms with van der Waals surface area (Å²) in [5, 5.41) is 3.68. The quantitative estimate of drug-likeness (QED) is 0.695. The van der Waals surface area contributed by atoms with E-state index in [0.717, 1.165) is 0 Å². The molecular weight excluding hydrogens is 250 g/mol. The molecule has 2 atom stereocenters. The van der Waals surface area contributed by atoms with E-state index in [4.69, 9.17) is 0 Å². The van der Waals surface area contributed by atoms with Gasteiger partial charge in [-0.2, -0.15) is 11.8 Å². The van der Waals surface area contributed by atoms with Crippen molar-refractivity contribution in [3.8, 4) is 0 Å². The van der Waals surface area contributed by atoms with Crippen molar-refractivity contribution in [2.75, 3.05) is 12.0 Å². The smallest absolute Gasteiger partial charge is 0.0294 e. The van der Waals surface area contributed by atoms with Crippen LogP contribution in [0.25, 0.3) is 0 Å². The number of thioether (sulfide) groups is 1. The number of unbranched alkanes of at least 4 members (excludes halogenated alkanes) is 1. The average molecular weight is 279 g/mol. The van der Waals surface area contributed by atoms with Gasteiger partial charge in [-0.3, -0.25) is 0 Å². The van der Waals surface area contributed by atoms with Gasteiger partial charge in [-0.1, -0.05) is 37.6 Å². The summed E-state index contributed by atoms with van der Waals surface area (Å²) in [6.45, 7) is 6.79. The fraction of sp³-hybridized carbons (Fsp3) is 0.647. The molecule has 0 aliphatic heterocycles. The monoisotopic (exact) mass is 279 g/mol. The third-order valence-corrected chi connectivity index (χ3v) is 4.23. The van der Waals surface area contributed by atoms with Crippen LogP contribution in [0, 0.1) is 0 Å². The standard InChI is InChI=1S/C17H29NS/c1-5-6-7-16-8-10-17(11-9-16)15(3)18-14(2)12-13-19-4/h8-11,14-15,18H,5-7,12-13H2,1-4H3. The molecule has 0 aromatic heterocycles. The van der Waals surface area contributed by atoms with E-state index in [1.54, 1.807) is 0 Å². The highest BCUT2D eigenvalue weighted by Crippen LogP contribution is 2.16. The van der Waals surface area contributed by atoms with Gasteiger partial charge in [-0.05, 0) is 56.2 Å². The fourth-order valence-corrected chi connectivity index (χ4v) is 2.84. The van der Waals surface area contributed by atoms with Gasteiger partial charge >= 0.3 is 0 Å². The minimum absolute atomic E-state index is 0.442. The van der Waals surface area contributed by atoms with E-state index in [0.29, 0.717) is 12.1 Å². The lowest BCUT2D eigenvalue weighted by Gasteiger charge is -2.20. The zero-order valence-electron chi connectivity index (χ0n) is 12.9. The Labute approximate surface area is 123 Å². The van der Waals surface area contributed by atoms with Gasteiger partial charge in [0.1, 0.15) is 0 Å². The van der Waals surface area contributed by atoms with Crippen molar-refractivity contribution in [1.29, 1.82) is 0 Å². The highest BCUT2D eigenvalue weighted by molar-refractivity contribution is 7.98. The summed E-state index contributed by atoms with van der Waals surface area (Å²) in [5.74, 6) is 1.23. The Morgan fingerprint density at radius 1 is 1.16 bits per heavy atom. The minimum atomic E-state index is 0.442. The van der Waals surface area contributed by atoms with E-state index in [9.17, 15) is 0 Å². The van der Waals surface area contributed by atoms with Gasteiger partial charge in [0.05, 0.1) is 0 Å². The summed E-state index contributed by atoms with van der Waals surface area (Å²) in [6, 6.07) is 10.2. The Hall–Kier alpha value is -0.470. The largest absolute Gasteiger partial charge is 0.308 e. The third-order valence-electron chi connectivity index (χ3n) is 3.59. The Bertz CT molecular complexity index is 334. The normalized spacial score (nSPS) is 14.3. The van der Waals surface area contributed by atoms with Gasteiger partial charge in [-0.25, -0.2) is 0 Å². The van der Waals surface area contributed by atoms with Crippen LogP contribution in [0.3, 0.4) is 0 Å². The molecule has 1 aromatic rings. The Kier molecular flexibility index (Phi) is 8.24. The summed E-state index contributed by atoms with van der Waals surface area (Å²) in [5.41, 5.74) is 2.87. The first-order chi connectivity index (χ1) is 9.17. The van der Waals surface area contributed by atoms with Crippen molar-refractivity contribution in [3.63, 3.8) is 0 Å². The van der Waals surface area contributed by atoms with Crippen LogP contribution in [0.2, 0.25) is 0 Å². The molecule has 0 radical (unpaired) electrons. The number of benzene rings is 1. The molecule has 2 heteroatoms. The Balaban J connectivity index is 2.45. The number of hydrogen-bond acceptors (Lipinski definition) is 2. The molecule has 0 aliphatic rings. The molecule has 0 spiro atoms. The molecule has 1 nitrogen and oxygen atoms in total. The summed E-state index contributed by atoms with van der Waals surface area (Å²) >= 11 is 1.92. The maximum atomic E-state index is 3.68. The maximum absolute atomic E-state index is 3.68. The lowest BCUT2D eigenvalue weighted by Crippen LogP contribution is -2.29. The second kappa shape index (κ2) is 9.44. The van der Waals surface area contributed by atoms with Crippen LogP contribution in [-0.2, 0) is 6.42 Å². The second-order valence-corrected chi connectivity index (χ2v) is 6.40. The molecule has 108 valence electrons. The Morgan fingerprint density at radius 2 is 1.84 bits per heavy atom. The lowest BCUT2D eigenvalue weighted by atomic mass is 10.0. The average Bonchev–Trinajstić information content (AvgIpc) is 2.43. The van der Waals surface area contributed by atoms with Crippen LogP contribution in [-0.4, -0.2) is 18.1 Å². The van der Waals surface area contributed by atoms with Crippen molar-refractivity contribution in [2.45, 2.75) is 58.5 Å². The zero-order valence-corrected chi connectivity index (χ0v) is 13.7. The van der Waals surface area contributed by atoms with Crippen LogP contribution in [0.15, 0.2) is 24.3 Å². The highest BCUT2D eigenvalue weighted by atomic mass is 32.2. The van der Waals surface area contributed by atoms with E-state index in [1.807, 2.05) is 11.8 Å². The molecule has 0 bridgehead atoms. The molecule has 1 rings (SSSR count). The van der Waals surface area contributed by atoms with Crippen LogP contribution in [0.4, 0.5) is 0 Å². The minimum Gasteiger partial charge on any atom is -0.308 e. The van der Waals surface area contributed by atoms with Crippen LogP contribution >= 0.6 is 11.8 Å². The molecule has 1 aromatic carbocycles. The topological polar surface area (TPSA) is 12.0 Å². The van der Waals surface area contributed by atoms with E-state index in [-0.39, 0.29) is 0 Å². The van der Waals surface area contributed by atoms with E-state index < -0.39 is 0 Å². The molecule has 0 fully saturated rings. The molecule has 0 heterocycles. The SMILES string of the molecule is CCCCc1ccc(C(C)NC(C)CCSC)cc1. The summed E-state index contributed by atoms with van der Waals surface area (Å²) in [6.07, 6.45) is 7.18. The molecule has 19 heavy (non-hydrogen) atoms. The van der Waals surface area contributed by atoms with E-state index in [2.05, 4.69) is 56.6 Å². The molecule has 0 saturated heterocycles. The van der Waals surface area contributed by atoms with Gasteiger partial charge in [-0.15, -0.1) is 0 Å². The first-order valence-electron chi connectivity index (χ1n) is 7.51. The van der Waals surface area contributed by atoms with Crippen molar-refractivity contribution in [1.82, 2.24) is 5.32 Å².